The van der Waals surface area contributed by atoms with E-state index in [0.717, 1.165) is 16.8 Å². The summed E-state index contributed by atoms with van der Waals surface area (Å²) in [7, 11) is 0. The van der Waals surface area contributed by atoms with Gasteiger partial charge in [0.05, 0.1) is 10.7 Å². The normalized spacial score (nSPS) is 11.7. The highest BCUT2D eigenvalue weighted by Gasteiger charge is 2.21. The fourth-order valence-corrected chi connectivity index (χ4v) is 2.31. The molecule has 0 aliphatic rings. The fraction of sp³-hybridized carbons (Fsp3) is 0.333. The summed E-state index contributed by atoms with van der Waals surface area (Å²) < 4.78 is 0. The molecule has 1 aromatic carbocycles. The SMILES string of the molecule is Cc1c(N)nc(C(C)(C)C)nc1-c1ccc(Cl)cc1Cl. The Kier molecular flexibility index (Phi) is 3.94. The number of rotatable bonds is 1. The smallest absolute Gasteiger partial charge is 0.136 e. The summed E-state index contributed by atoms with van der Waals surface area (Å²) >= 11 is 12.2. The van der Waals surface area contributed by atoms with Crippen molar-refractivity contribution in [1.82, 2.24) is 9.97 Å². The van der Waals surface area contributed by atoms with E-state index in [1.54, 1.807) is 12.1 Å². The molecule has 2 N–H and O–H groups in total. The summed E-state index contributed by atoms with van der Waals surface area (Å²) in [5.41, 5.74) is 8.22. The number of nitrogen functional groups attached to an aromatic ring is 1. The highest BCUT2D eigenvalue weighted by molar-refractivity contribution is 6.36. The van der Waals surface area contributed by atoms with Crippen LogP contribution in [0.1, 0.15) is 32.2 Å². The third-order valence-electron chi connectivity index (χ3n) is 3.04. The van der Waals surface area contributed by atoms with Crippen LogP contribution in [0.3, 0.4) is 0 Å². The van der Waals surface area contributed by atoms with Gasteiger partial charge in [0, 0.05) is 21.6 Å². The zero-order chi connectivity index (χ0) is 15.1. The molecular weight excluding hydrogens is 293 g/mol. The average Bonchev–Trinajstić information content (AvgIpc) is 2.32. The molecule has 106 valence electrons. The maximum Gasteiger partial charge on any atom is 0.136 e. The molecule has 0 aliphatic carbocycles. The van der Waals surface area contributed by atoms with Gasteiger partial charge in [-0.2, -0.15) is 0 Å². The minimum atomic E-state index is -0.185. The third kappa shape index (κ3) is 2.89. The standard InChI is InChI=1S/C15H17Cl2N3/c1-8-12(10-6-5-9(16)7-11(10)17)19-14(15(2,3)4)20-13(8)18/h5-7H,1-4H3,(H2,18,19,20). The van der Waals surface area contributed by atoms with Gasteiger partial charge in [-0.3, -0.25) is 0 Å². The van der Waals surface area contributed by atoms with Gasteiger partial charge < -0.3 is 5.73 Å². The van der Waals surface area contributed by atoms with Crippen molar-refractivity contribution in [2.24, 2.45) is 0 Å². The summed E-state index contributed by atoms with van der Waals surface area (Å²) in [6.45, 7) is 8.03. The van der Waals surface area contributed by atoms with Crippen LogP contribution >= 0.6 is 23.2 Å². The maximum atomic E-state index is 6.27. The summed E-state index contributed by atoms with van der Waals surface area (Å²) in [6, 6.07) is 5.34. The predicted octanol–water partition coefficient (Wildman–Crippen LogP) is 4.64. The summed E-state index contributed by atoms with van der Waals surface area (Å²) in [5, 5.41) is 1.15. The van der Waals surface area contributed by atoms with E-state index < -0.39 is 0 Å². The Hall–Kier alpha value is -1.32. The van der Waals surface area contributed by atoms with E-state index in [4.69, 9.17) is 28.9 Å². The Morgan fingerprint density at radius 2 is 1.75 bits per heavy atom. The Morgan fingerprint density at radius 1 is 1.10 bits per heavy atom. The molecule has 20 heavy (non-hydrogen) atoms. The van der Waals surface area contributed by atoms with Crippen LogP contribution in [0.15, 0.2) is 18.2 Å². The first-order chi connectivity index (χ1) is 9.20. The van der Waals surface area contributed by atoms with Gasteiger partial charge in [-0.25, -0.2) is 9.97 Å². The molecule has 0 unspecified atom stereocenters. The van der Waals surface area contributed by atoms with Gasteiger partial charge in [0.25, 0.3) is 0 Å². The molecule has 0 radical (unpaired) electrons. The van der Waals surface area contributed by atoms with Gasteiger partial charge in [-0.15, -0.1) is 0 Å². The zero-order valence-corrected chi connectivity index (χ0v) is 13.5. The van der Waals surface area contributed by atoms with Crippen LogP contribution in [0.4, 0.5) is 5.82 Å². The first-order valence-electron chi connectivity index (χ1n) is 6.30. The molecule has 2 rings (SSSR count). The number of halogens is 2. The average molecular weight is 310 g/mol. The second-order valence-corrected chi connectivity index (χ2v) is 6.62. The van der Waals surface area contributed by atoms with E-state index in [1.165, 1.54) is 0 Å². The van der Waals surface area contributed by atoms with Crippen LogP contribution in [0.5, 0.6) is 0 Å². The van der Waals surface area contributed by atoms with Crippen molar-refractivity contribution in [3.05, 3.63) is 39.6 Å². The van der Waals surface area contributed by atoms with Gasteiger partial charge >= 0.3 is 0 Å². The Morgan fingerprint density at radius 3 is 2.30 bits per heavy atom. The molecule has 5 heteroatoms. The monoisotopic (exact) mass is 309 g/mol. The van der Waals surface area contributed by atoms with Crippen LogP contribution in [-0.2, 0) is 5.41 Å². The van der Waals surface area contributed by atoms with Crippen LogP contribution < -0.4 is 5.73 Å². The lowest BCUT2D eigenvalue weighted by molar-refractivity contribution is 0.546. The lowest BCUT2D eigenvalue weighted by Crippen LogP contribution is -2.18. The van der Waals surface area contributed by atoms with Gasteiger partial charge in [0.1, 0.15) is 11.6 Å². The van der Waals surface area contributed by atoms with E-state index in [9.17, 15) is 0 Å². The molecule has 0 fully saturated rings. The lowest BCUT2D eigenvalue weighted by Gasteiger charge is -2.19. The zero-order valence-electron chi connectivity index (χ0n) is 12.0. The molecule has 0 bridgehead atoms. The number of anilines is 1. The highest BCUT2D eigenvalue weighted by atomic mass is 35.5. The summed E-state index contributed by atoms with van der Waals surface area (Å²) in [6.07, 6.45) is 0. The van der Waals surface area contributed by atoms with Crippen LogP contribution in [0.2, 0.25) is 10.0 Å². The molecular formula is C15H17Cl2N3. The molecule has 3 nitrogen and oxygen atoms in total. The van der Waals surface area contributed by atoms with Gasteiger partial charge in [0.2, 0.25) is 0 Å². The van der Waals surface area contributed by atoms with Crippen LogP contribution in [0, 0.1) is 6.92 Å². The van der Waals surface area contributed by atoms with E-state index in [-0.39, 0.29) is 5.41 Å². The molecule has 1 heterocycles. The quantitative estimate of drug-likeness (QED) is 0.835. The van der Waals surface area contributed by atoms with E-state index in [0.29, 0.717) is 21.7 Å². The molecule has 2 aromatic rings. The number of benzene rings is 1. The van der Waals surface area contributed by atoms with E-state index >= 15 is 0 Å². The van der Waals surface area contributed by atoms with Crippen molar-refractivity contribution in [3.8, 4) is 11.3 Å². The number of hydrogen-bond donors (Lipinski definition) is 1. The van der Waals surface area contributed by atoms with E-state index in [2.05, 4.69) is 9.97 Å². The molecule has 0 atom stereocenters. The second kappa shape index (κ2) is 5.23. The first-order valence-corrected chi connectivity index (χ1v) is 7.06. The van der Waals surface area contributed by atoms with Crippen molar-refractivity contribution in [3.63, 3.8) is 0 Å². The minimum Gasteiger partial charge on any atom is -0.383 e. The van der Waals surface area contributed by atoms with Crippen molar-refractivity contribution in [2.75, 3.05) is 5.73 Å². The van der Waals surface area contributed by atoms with Crippen molar-refractivity contribution >= 4 is 29.0 Å². The Bertz CT molecular complexity index is 661. The topological polar surface area (TPSA) is 51.8 Å². The second-order valence-electron chi connectivity index (χ2n) is 5.78. The lowest BCUT2D eigenvalue weighted by atomic mass is 9.95. The van der Waals surface area contributed by atoms with Crippen molar-refractivity contribution in [2.45, 2.75) is 33.1 Å². The maximum absolute atomic E-state index is 6.27. The number of hydrogen-bond acceptors (Lipinski definition) is 3. The van der Waals surface area contributed by atoms with Gasteiger partial charge in [0.15, 0.2) is 0 Å². The molecule has 0 spiro atoms. The third-order valence-corrected chi connectivity index (χ3v) is 3.59. The van der Waals surface area contributed by atoms with E-state index in [1.807, 2.05) is 33.8 Å². The number of nitrogens with two attached hydrogens (primary N) is 1. The summed E-state index contributed by atoms with van der Waals surface area (Å²) in [5.74, 6) is 1.17. The largest absolute Gasteiger partial charge is 0.383 e. The van der Waals surface area contributed by atoms with Gasteiger partial charge in [-0.1, -0.05) is 44.0 Å². The first kappa shape index (κ1) is 15.1. The van der Waals surface area contributed by atoms with Crippen LogP contribution in [-0.4, -0.2) is 9.97 Å². The number of aromatic nitrogens is 2. The molecule has 0 amide bonds. The number of nitrogens with zero attached hydrogens (tertiary/aromatic N) is 2. The van der Waals surface area contributed by atoms with Crippen molar-refractivity contribution in [1.29, 1.82) is 0 Å². The molecule has 0 aliphatic heterocycles. The minimum absolute atomic E-state index is 0.185. The van der Waals surface area contributed by atoms with Crippen LogP contribution in [0.25, 0.3) is 11.3 Å². The molecule has 1 aromatic heterocycles. The fourth-order valence-electron chi connectivity index (χ4n) is 1.81. The summed E-state index contributed by atoms with van der Waals surface area (Å²) in [4.78, 5) is 9.02. The van der Waals surface area contributed by atoms with Gasteiger partial charge in [-0.05, 0) is 25.1 Å². The molecule has 0 saturated heterocycles. The Labute approximate surface area is 129 Å². The highest BCUT2D eigenvalue weighted by Crippen LogP contribution is 2.34. The molecule has 0 saturated carbocycles. The van der Waals surface area contributed by atoms with Crippen molar-refractivity contribution < 1.29 is 0 Å². The Balaban J connectivity index is 2.70. The predicted molar refractivity (Wildman–Crippen MR) is 85.3 cm³/mol.